The first-order valence-electron chi connectivity index (χ1n) is 9.40. The fraction of sp³-hybridized carbons (Fsp3) is 0.174. The maximum atomic E-state index is 13.1. The smallest absolute Gasteiger partial charge is 0.337 e. The summed E-state index contributed by atoms with van der Waals surface area (Å²) in [6.45, 7) is 1.85. The zero-order chi connectivity index (χ0) is 22.4. The van der Waals surface area contributed by atoms with E-state index in [0.29, 0.717) is 32.5 Å². The number of hydrogen-bond acceptors (Lipinski definition) is 6. The van der Waals surface area contributed by atoms with Crippen molar-refractivity contribution in [3.05, 3.63) is 92.6 Å². The van der Waals surface area contributed by atoms with Crippen molar-refractivity contribution in [1.82, 2.24) is 5.32 Å². The predicted octanol–water partition coefficient (Wildman–Crippen LogP) is 4.00. The largest absolute Gasteiger partial charge is 0.457 e. The van der Waals surface area contributed by atoms with Gasteiger partial charge in [-0.2, -0.15) is 5.26 Å². The molecular weight excluding hydrogens is 434 g/mol. The Bertz CT molecular complexity index is 1090. The van der Waals surface area contributed by atoms with Crippen molar-refractivity contribution in [3.8, 4) is 6.07 Å². The minimum Gasteiger partial charge on any atom is -0.457 e. The zero-order valence-corrected chi connectivity index (χ0v) is 18.3. The van der Waals surface area contributed by atoms with Crippen molar-refractivity contribution in [2.75, 3.05) is 5.75 Å². The normalized spacial score (nSPS) is 15.8. The molecule has 0 radical (unpaired) electrons. The summed E-state index contributed by atoms with van der Waals surface area (Å²) in [5, 5.41) is 14.0. The highest BCUT2D eigenvalue weighted by atomic mass is 35.5. The molecule has 1 heterocycles. The molecule has 0 saturated carbocycles. The van der Waals surface area contributed by atoms with E-state index in [1.807, 2.05) is 30.3 Å². The number of primary amides is 1. The second-order valence-electron chi connectivity index (χ2n) is 6.82. The van der Waals surface area contributed by atoms with Crippen molar-refractivity contribution in [2.45, 2.75) is 19.4 Å². The lowest BCUT2D eigenvalue weighted by molar-refractivity contribution is -0.140. The molecule has 0 bridgehead atoms. The van der Waals surface area contributed by atoms with Gasteiger partial charge in [-0.3, -0.25) is 4.79 Å². The number of ether oxygens (including phenoxy) is 1. The number of hydrogen-bond donors (Lipinski definition) is 2. The molecule has 0 aliphatic carbocycles. The molecule has 2 aromatic rings. The highest BCUT2D eigenvalue weighted by molar-refractivity contribution is 8.03. The Balaban J connectivity index is 1.98. The maximum absolute atomic E-state index is 13.1. The van der Waals surface area contributed by atoms with E-state index in [0.717, 1.165) is 17.3 Å². The Hall–Kier alpha value is -3.21. The highest BCUT2D eigenvalue weighted by Crippen LogP contribution is 2.41. The summed E-state index contributed by atoms with van der Waals surface area (Å²) in [7, 11) is 0. The molecule has 1 unspecified atom stereocenters. The molecule has 0 saturated heterocycles. The molecule has 0 aromatic heterocycles. The summed E-state index contributed by atoms with van der Waals surface area (Å²) in [4.78, 5) is 24.4. The lowest BCUT2D eigenvalue weighted by Gasteiger charge is -2.29. The molecule has 3 rings (SSSR count). The lowest BCUT2D eigenvalue weighted by Crippen LogP contribution is -2.29. The third-order valence-electron chi connectivity index (χ3n) is 4.64. The Morgan fingerprint density at radius 1 is 1.19 bits per heavy atom. The molecule has 8 heteroatoms. The second-order valence-corrected chi connectivity index (χ2v) is 8.24. The molecule has 2 aromatic carbocycles. The molecule has 3 N–H and O–H groups in total. The number of nitrogens with one attached hydrogen (secondary N) is 1. The number of thioether (sulfide) groups is 1. The minimum absolute atomic E-state index is 0.00190. The highest BCUT2D eigenvalue weighted by Gasteiger charge is 2.35. The average molecular weight is 454 g/mol. The van der Waals surface area contributed by atoms with E-state index in [9.17, 15) is 14.9 Å². The number of carbonyl (C=O) groups excluding carboxylic acids is 2. The number of carbonyl (C=O) groups is 2. The van der Waals surface area contributed by atoms with Gasteiger partial charge in [0.05, 0.1) is 33.9 Å². The molecule has 1 aliphatic heterocycles. The van der Waals surface area contributed by atoms with Gasteiger partial charge in [-0.05, 0) is 30.2 Å². The summed E-state index contributed by atoms with van der Waals surface area (Å²) in [5.41, 5.74) is 8.03. The van der Waals surface area contributed by atoms with E-state index in [4.69, 9.17) is 22.1 Å². The van der Waals surface area contributed by atoms with Crippen molar-refractivity contribution in [2.24, 2.45) is 5.73 Å². The number of halogens is 1. The van der Waals surface area contributed by atoms with Gasteiger partial charge in [0.15, 0.2) is 0 Å². The van der Waals surface area contributed by atoms with E-state index in [-0.39, 0.29) is 12.4 Å². The fourth-order valence-corrected chi connectivity index (χ4v) is 4.19. The Kier molecular flexibility index (Phi) is 7.40. The van der Waals surface area contributed by atoms with Crippen LogP contribution in [0, 0.1) is 11.3 Å². The van der Waals surface area contributed by atoms with Crippen molar-refractivity contribution in [1.29, 1.82) is 5.26 Å². The van der Waals surface area contributed by atoms with Crippen molar-refractivity contribution < 1.29 is 14.3 Å². The van der Waals surface area contributed by atoms with Crippen LogP contribution in [-0.4, -0.2) is 17.6 Å². The van der Waals surface area contributed by atoms with Gasteiger partial charge < -0.3 is 15.8 Å². The predicted molar refractivity (Wildman–Crippen MR) is 121 cm³/mol. The van der Waals surface area contributed by atoms with Crippen LogP contribution in [0.3, 0.4) is 0 Å². The van der Waals surface area contributed by atoms with Crippen LogP contribution >= 0.6 is 23.4 Å². The van der Waals surface area contributed by atoms with Crippen molar-refractivity contribution >= 4 is 35.2 Å². The number of benzene rings is 2. The summed E-state index contributed by atoms with van der Waals surface area (Å²) >= 11 is 7.16. The molecule has 1 atom stereocenters. The van der Waals surface area contributed by atoms with E-state index in [1.165, 1.54) is 0 Å². The van der Waals surface area contributed by atoms with E-state index in [2.05, 4.69) is 11.4 Å². The van der Waals surface area contributed by atoms with Gasteiger partial charge in [0.25, 0.3) is 0 Å². The Morgan fingerprint density at radius 2 is 1.87 bits per heavy atom. The van der Waals surface area contributed by atoms with Gasteiger partial charge in [-0.25, -0.2) is 4.79 Å². The number of nitriles is 1. The topological polar surface area (TPSA) is 105 Å². The van der Waals surface area contributed by atoms with Crippen LogP contribution in [0.4, 0.5) is 0 Å². The monoisotopic (exact) mass is 453 g/mol. The maximum Gasteiger partial charge on any atom is 0.337 e. The third kappa shape index (κ3) is 5.48. The first kappa shape index (κ1) is 22.5. The molecular formula is C23H20ClN3O3S. The molecule has 6 nitrogen and oxygen atoms in total. The number of rotatable bonds is 7. The number of amides is 1. The molecule has 1 amide bonds. The van der Waals surface area contributed by atoms with Crippen LogP contribution < -0.4 is 11.1 Å². The van der Waals surface area contributed by atoms with Crippen LogP contribution in [0.15, 0.2) is 76.5 Å². The summed E-state index contributed by atoms with van der Waals surface area (Å²) in [6.07, 6.45) is 0. The van der Waals surface area contributed by atoms with Crippen LogP contribution in [0.5, 0.6) is 0 Å². The second kappa shape index (κ2) is 10.2. The van der Waals surface area contributed by atoms with E-state index >= 15 is 0 Å². The Morgan fingerprint density at radius 3 is 2.48 bits per heavy atom. The van der Waals surface area contributed by atoms with Gasteiger partial charge in [-0.1, -0.05) is 65.8 Å². The average Bonchev–Trinajstić information content (AvgIpc) is 2.76. The quantitative estimate of drug-likeness (QED) is 0.614. The number of nitrogens with two attached hydrogens (primary N) is 1. The third-order valence-corrected chi connectivity index (χ3v) is 5.93. The van der Waals surface area contributed by atoms with Gasteiger partial charge in [0.1, 0.15) is 6.61 Å². The Labute approximate surface area is 189 Å². The van der Waals surface area contributed by atoms with Gasteiger partial charge in [-0.15, -0.1) is 0 Å². The molecule has 1 aliphatic rings. The zero-order valence-electron chi connectivity index (χ0n) is 16.7. The lowest BCUT2D eigenvalue weighted by atomic mass is 9.82. The van der Waals surface area contributed by atoms with Gasteiger partial charge >= 0.3 is 5.97 Å². The number of esters is 1. The van der Waals surface area contributed by atoms with E-state index in [1.54, 1.807) is 31.2 Å². The molecule has 0 spiro atoms. The van der Waals surface area contributed by atoms with Crippen LogP contribution in [0.1, 0.15) is 24.0 Å². The summed E-state index contributed by atoms with van der Waals surface area (Å²) in [6, 6.07) is 18.5. The summed E-state index contributed by atoms with van der Waals surface area (Å²) in [5.74, 6) is -1.70. The van der Waals surface area contributed by atoms with Crippen molar-refractivity contribution in [3.63, 3.8) is 0 Å². The first-order chi connectivity index (χ1) is 14.9. The number of nitrogens with zero attached hydrogens (tertiary/aromatic N) is 1. The van der Waals surface area contributed by atoms with Crippen LogP contribution in [0.25, 0.3) is 0 Å². The first-order valence-corrected chi connectivity index (χ1v) is 10.8. The SMILES string of the molecule is CC1=C(C(=O)OCc2ccccc2)C(c2ccc(Cl)cc2)C(C#N)=C(SCC(N)=O)N1. The van der Waals surface area contributed by atoms with Crippen LogP contribution in [-0.2, 0) is 20.9 Å². The fourth-order valence-electron chi connectivity index (χ4n) is 3.23. The van der Waals surface area contributed by atoms with Gasteiger partial charge in [0, 0.05) is 10.7 Å². The summed E-state index contributed by atoms with van der Waals surface area (Å²) < 4.78 is 5.56. The number of dihydropyridines is 1. The molecule has 31 heavy (non-hydrogen) atoms. The van der Waals surface area contributed by atoms with Gasteiger partial charge in [0.2, 0.25) is 5.91 Å². The van der Waals surface area contributed by atoms with E-state index < -0.39 is 17.8 Å². The van der Waals surface area contributed by atoms with Crippen LogP contribution in [0.2, 0.25) is 5.02 Å². The molecule has 158 valence electrons. The number of allylic oxidation sites excluding steroid dienone is 2. The standard InChI is InChI=1S/C23H20ClN3O3S/c1-14-20(23(29)30-12-15-5-3-2-4-6-15)21(16-7-9-17(24)10-8-16)18(11-25)22(27-14)31-13-19(26)28/h2-10,21,27H,12-13H2,1H3,(H2,26,28). The minimum atomic E-state index is -0.665. The molecule has 0 fully saturated rings.